The van der Waals surface area contributed by atoms with Gasteiger partial charge < -0.3 is 0 Å². The Hall–Kier alpha value is -2.07. The second-order valence-electron chi connectivity index (χ2n) is 4.65. The van der Waals surface area contributed by atoms with Crippen molar-refractivity contribution in [3.63, 3.8) is 0 Å². The first kappa shape index (κ1) is 13.9. The van der Waals surface area contributed by atoms with E-state index in [1.54, 1.807) is 31.2 Å². The van der Waals surface area contributed by atoms with E-state index in [1.807, 2.05) is 6.07 Å². The number of fused-ring (bicyclic) bond motifs is 1. The van der Waals surface area contributed by atoms with Crippen molar-refractivity contribution in [2.75, 3.05) is 0 Å². The van der Waals surface area contributed by atoms with E-state index in [9.17, 15) is 13.2 Å². The highest BCUT2D eigenvalue weighted by molar-refractivity contribution is 6.36. The van der Waals surface area contributed by atoms with Crippen LogP contribution in [-0.4, -0.2) is 4.98 Å². The van der Waals surface area contributed by atoms with Gasteiger partial charge >= 0.3 is 0 Å². The number of benzene rings is 2. The molecule has 0 unspecified atom stereocenters. The lowest BCUT2D eigenvalue weighted by Crippen LogP contribution is -1.99. The van der Waals surface area contributed by atoms with Crippen molar-refractivity contribution >= 4 is 22.5 Å². The van der Waals surface area contributed by atoms with Gasteiger partial charge in [0.05, 0.1) is 10.7 Å². The maximum absolute atomic E-state index is 13.9. The Morgan fingerprint density at radius 2 is 1.67 bits per heavy atom. The zero-order valence-electron chi connectivity index (χ0n) is 10.9. The van der Waals surface area contributed by atoms with Crippen molar-refractivity contribution in [2.24, 2.45) is 0 Å². The molecule has 0 aliphatic carbocycles. The first-order chi connectivity index (χ1) is 10.0. The van der Waals surface area contributed by atoms with Gasteiger partial charge in [0.15, 0.2) is 17.5 Å². The predicted octanol–water partition coefficient (Wildman–Crippen LogP) is 5.28. The summed E-state index contributed by atoms with van der Waals surface area (Å²) < 4.78 is 40.7. The van der Waals surface area contributed by atoms with Crippen molar-refractivity contribution in [1.29, 1.82) is 0 Å². The van der Waals surface area contributed by atoms with Gasteiger partial charge in [-0.15, -0.1) is 0 Å². The van der Waals surface area contributed by atoms with Crippen LogP contribution in [0.25, 0.3) is 22.2 Å². The molecule has 0 saturated heterocycles. The summed E-state index contributed by atoms with van der Waals surface area (Å²) in [4.78, 5) is 4.14. The highest BCUT2D eigenvalue weighted by Crippen LogP contribution is 2.35. The average Bonchev–Trinajstić information content (AvgIpc) is 2.50. The zero-order valence-corrected chi connectivity index (χ0v) is 11.7. The molecule has 0 aliphatic rings. The molecule has 1 aromatic heterocycles. The molecule has 106 valence electrons. The smallest absolute Gasteiger partial charge is 0.196 e. The van der Waals surface area contributed by atoms with Gasteiger partial charge in [-0.05, 0) is 18.6 Å². The maximum Gasteiger partial charge on any atom is 0.196 e. The van der Waals surface area contributed by atoms with Gasteiger partial charge in [-0.25, -0.2) is 18.2 Å². The highest BCUT2D eigenvalue weighted by Gasteiger charge is 2.20. The van der Waals surface area contributed by atoms with Crippen LogP contribution in [-0.2, 0) is 0 Å². The van der Waals surface area contributed by atoms with Gasteiger partial charge in [0.1, 0.15) is 5.52 Å². The monoisotopic (exact) mass is 307 g/mol. The quantitative estimate of drug-likeness (QED) is 0.557. The molecule has 0 atom stereocenters. The molecule has 3 rings (SSSR count). The molecule has 0 aliphatic heterocycles. The number of nitrogens with zero attached hydrogens (tertiary/aromatic N) is 1. The largest absolute Gasteiger partial charge is 0.244 e. The lowest BCUT2D eigenvalue weighted by molar-refractivity contribution is 0.452. The van der Waals surface area contributed by atoms with Crippen molar-refractivity contribution < 1.29 is 13.2 Å². The summed E-state index contributed by atoms with van der Waals surface area (Å²) in [5, 5.41) is 0.224. The van der Waals surface area contributed by atoms with Crippen molar-refractivity contribution in [3.05, 3.63) is 64.4 Å². The molecule has 0 radical (unpaired) electrons. The third-order valence-corrected chi connectivity index (χ3v) is 3.82. The molecule has 2 aromatic carbocycles. The Morgan fingerprint density at radius 3 is 2.33 bits per heavy atom. The maximum atomic E-state index is 13.9. The standard InChI is InChI=1S/C16H9ClF3N/c1-8-12(17)10-7-11(18)13(19)14(20)16(10)21-15(8)9-5-3-2-4-6-9/h2-7H,1H3. The molecule has 0 spiro atoms. The fourth-order valence-corrected chi connectivity index (χ4v) is 2.47. The SMILES string of the molecule is Cc1c(-c2ccccc2)nc2c(F)c(F)c(F)cc2c1Cl. The van der Waals surface area contributed by atoms with Crippen LogP contribution in [0.5, 0.6) is 0 Å². The molecule has 21 heavy (non-hydrogen) atoms. The number of pyridine rings is 1. The molecule has 1 heterocycles. The number of aromatic nitrogens is 1. The van der Waals surface area contributed by atoms with Gasteiger partial charge in [-0.3, -0.25) is 0 Å². The van der Waals surface area contributed by atoms with Gasteiger partial charge in [0, 0.05) is 10.9 Å². The Balaban J connectivity index is 2.42. The van der Waals surface area contributed by atoms with Gasteiger partial charge in [-0.2, -0.15) is 0 Å². The summed E-state index contributed by atoms with van der Waals surface area (Å²) in [6.45, 7) is 1.70. The number of rotatable bonds is 1. The summed E-state index contributed by atoms with van der Waals surface area (Å²) in [6.07, 6.45) is 0. The summed E-state index contributed by atoms with van der Waals surface area (Å²) in [6, 6.07) is 9.87. The van der Waals surface area contributed by atoms with Gasteiger partial charge in [-0.1, -0.05) is 41.9 Å². The third-order valence-electron chi connectivity index (χ3n) is 3.33. The van der Waals surface area contributed by atoms with E-state index in [0.29, 0.717) is 11.3 Å². The van der Waals surface area contributed by atoms with Crippen molar-refractivity contribution in [3.8, 4) is 11.3 Å². The number of hydrogen-bond donors (Lipinski definition) is 0. The van der Waals surface area contributed by atoms with Crippen molar-refractivity contribution in [1.82, 2.24) is 4.98 Å². The lowest BCUT2D eigenvalue weighted by Gasteiger charge is -2.11. The van der Waals surface area contributed by atoms with Gasteiger partial charge in [0.25, 0.3) is 0 Å². The zero-order chi connectivity index (χ0) is 15.1. The second-order valence-corrected chi connectivity index (χ2v) is 5.03. The Labute approximate surface area is 124 Å². The average molecular weight is 308 g/mol. The van der Waals surface area contributed by atoms with Crippen LogP contribution in [0.3, 0.4) is 0 Å². The van der Waals surface area contributed by atoms with Crippen LogP contribution in [0.1, 0.15) is 5.56 Å². The van der Waals surface area contributed by atoms with Crippen LogP contribution in [0.4, 0.5) is 13.2 Å². The Bertz CT molecular complexity index is 848. The van der Waals surface area contributed by atoms with Crippen LogP contribution >= 0.6 is 11.6 Å². The fourth-order valence-electron chi connectivity index (χ4n) is 2.24. The summed E-state index contributed by atoms with van der Waals surface area (Å²) in [5.74, 6) is -4.16. The molecule has 0 bridgehead atoms. The Morgan fingerprint density at radius 1 is 1.00 bits per heavy atom. The molecule has 1 nitrogen and oxygen atoms in total. The predicted molar refractivity (Wildman–Crippen MR) is 76.8 cm³/mol. The summed E-state index contributed by atoms with van der Waals surface area (Å²) >= 11 is 6.18. The fraction of sp³-hybridized carbons (Fsp3) is 0.0625. The molecule has 3 aromatic rings. The van der Waals surface area contributed by atoms with Crippen LogP contribution in [0.15, 0.2) is 36.4 Å². The second kappa shape index (κ2) is 5.04. The molecular formula is C16H9ClF3N. The molecule has 5 heteroatoms. The molecule has 0 fully saturated rings. The first-order valence-electron chi connectivity index (χ1n) is 6.19. The molecular weight excluding hydrogens is 299 g/mol. The number of hydrogen-bond acceptors (Lipinski definition) is 1. The minimum Gasteiger partial charge on any atom is -0.244 e. The van der Waals surface area contributed by atoms with Crippen LogP contribution in [0, 0.1) is 24.4 Å². The molecule has 0 saturated carbocycles. The highest BCUT2D eigenvalue weighted by atomic mass is 35.5. The van der Waals surface area contributed by atoms with E-state index < -0.39 is 17.5 Å². The summed E-state index contributed by atoms with van der Waals surface area (Å²) in [7, 11) is 0. The minimum atomic E-state index is -1.55. The third kappa shape index (κ3) is 2.16. The van der Waals surface area contributed by atoms with Crippen LogP contribution in [0.2, 0.25) is 5.02 Å². The topological polar surface area (TPSA) is 12.9 Å². The van der Waals surface area contributed by atoms with Crippen molar-refractivity contribution in [2.45, 2.75) is 6.92 Å². The van der Waals surface area contributed by atoms with E-state index in [-0.39, 0.29) is 15.9 Å². The van der Waals surface area contributed by atoms with Gasteiger partial charge in [0.2, 0.25) is 0 Å². The lowest BCUT2D eigenvalue weighted by atomic mass is 10.0. The first-order valence-corrected chi connectivity index (χ1v) is 6.57. The summed E-state index contributed by atoms with van der Waals surface area (Å²) in [5.41, 5.74) is 1.48. The van der Waals surface area contributed by atoms with E-state index >= 15 is 0 Å². The Kier molecular flexibility index (Phi) is 3.33. The van der Waals surface area contributed by atoms with Crippen LogP contribution < -0.4 is 0 Å². The molecule has 0 N–H and O–H groups in total. The van der Waals surface area contributed by atoms with E-state index in [0.717, 1.165) is 11.6 Å². The van der Waals surface area contributed by atoms with E-state index in [4.69, 9.17) is 11.6 Å². The minimum absolute atomic E-state index is 0.0604. The number of halogens is 4. The normalized spacial score (nSPS) is 11.1. The van der Waals surface area contributed by atoms with E-state index in [1.165, 1.54) is 0 Å². The van der Waals surface area contributed by atoms with E-state index in [2.05, 4.69) is 4.98 Å². The molecule has 0 amide bonds.